The molecule has 0 aliphatic rings. The summed E-state index contributed by atoms with van der Waals surface area (Å²) >= 11 is 0. The quantitative estimate of drug-likeness (QED) is 0.526. The van der Waals surface area contributed by atoms with E-state index in [2.05, 4.69) is 26.1 Å². The molecule has 0 aliphatic carbocycles. The molecule has 0 aromatic carbocycles. The zero-order valence-corrected chi connectivity index (χ0v) is 12.4. The molecule has 4 heteroatoms. The van der Waals surface area contributed by atoms with Crippen molar-refractivity contribution in [2.45, 2.75) is 52.2 Å². The van der Waals surface area contributed by atoms with E-state index >= 15 is 0 Å². The largest absolute Gasteiger partial charge is 0.389 e. The molecule has 0 bridgehead atoms. The Labute approximate surface area is 112 Å². The van der Waals surface area contributed by atoms with Crippen LogP contribution in [0, 0.1) is 5.92 Å². The number of aliphatic hydroxyl groups is 1. The fourth-order valence-electron chi connectivity index (χ4n) is 1.61. The van der Waals surface area contributed by atoms with Crippen molar-refractivity contribution in [1.29, 1.82) is 0 Å². The Morgan fingerprint density at radius 3 is 2.44 bits per heavy atom. The topological polar surface area (TPSA) is 50.7 Å². The van der Waals surface area contributed by atoms with E-state index in [4.69, 9.17) is 9.47 Å². The smallest absolute Gasteiger partial charge is 0.0897 e. The molecule has 0 aromatic rings. The van der Waals surface area contributed by atoms with Crippen LogP contribution in [0.2, 0.25) is 0 Å². The van der Waals surface area contributed by atoms with Gasteiger partial charge in [0.1, 0.15) is 0 Å². The second-order valence-corrected chi connectivity index (χ2v) is 5.36. The average molecular weight is 261 g/mol. The zero-order valence-electron chi connectivity index (χ0n) is 12.4. The maximum absolute atomic E-state index is 9.71. The lowest BCUT2D eigenvalue weighted by molar-refractivity contribution is 0.0332. The minimum atomic E-state index is -0.422. The van der Waals surface area contributed by atoms with E-state index in [0.29, 0.717) is 19.2 Å². The van der Waals surface area contributed by atoms with E-state index in [1.165, 1.54) is 6.42 Å². The molecule has 0 aliphatic heterocycles. The van der Waals surface area contributed by atoms with Crippen LogP contribution in [0.5, 0.6) is 0 Å². The van der Waals surface area contributed by atoms with E-state index in [1.54, 1.807) is 7.11 Å². The molecule has 0 rings (SSSR count). The Bertz CT molecular complexity index is 176. The van der Waals surface area contributed by atoms with E-state index in [9.17, 15) is 5.11 Å². The summed E-state index contributed by atoms with van der Waals surface area (Å²) in [5, 5.41) is 13.0. The molecule has 0 saturated carbocycles. The van der Waals surface area contributed by atoms with Crippen LogP contribution < -0.4 is 5.32 Å². The van der Waals surface area contributed by atoms with Crippen LogP contribution in [0.25, 0.3) is 0 Å². The molecular formula is C14H31NO3. The third-order valence-corrected chi connectivity index (χ3v) is 2.84. The van der Waals surface area contributed by atoms with Gasteiger partial charge in [0.15, 0.2) is 0 Å². The van der Waals surface area contributed by atoms with Crippen molar-refractivity contribution in [2.24, 2.45) is 5.92 Å². The van der Waals surface area contributed by atoms with Crippen molar-refractivity contribution in [3.63, 3.8) is 0 Å². The summed E-state index contributed by atoms with van der Waals surface area (Å²) in [6.45, 7) is 9.00. The molecular weight excluding hydrogens is 230 g/mol. The molecule has 0 radical (unpaired) electrons. The molecule has 110 valence electrons. The number of hydrogen-bond donors (Lipinski definition) is 2. The number of aliphatic hydroxyl groups excluding tert-OH is 1. The van der Waals surface area contributed by atoms with Crippen LogP contribution >= 0.6 is 0 Å². The summed E-state index contributed by atoms with van der Waals surface area (Å²) in [5.74, 6) is 0.724. The average Bonchev–Trinajstić information content (AvgIpc) is 2.33. The summed E-state index contributed by atoms with van der Waals surface area (Å²) in [6.07, 6.45) is 2.79. The molecule has 0 fully saturated rings. The molecule has 0 heterocycles. The van der Waals surface area contributed by atoms with Gasteiger partial charge in [-0.15, -0.1) is 0 Å². The van der Waals surface area contributed by atoms with E-state index < -0.39 is 6.10 Å². The standard InChI is InChI=1S/C14H31NO3/c1-12(2)6-5-8-18-11-14(16)10-15-13(3)7-9-17-4/h12-16H,5-11H2,1-4H3. The number of rotatable bonds is 12. The zero-order chi connectivity index (χ0) is 13.8. The summed E-state index contributed by atoms with van der Waals surface area (Å²) in [4.78, 5) is 0. The van der Waals surface area contributed by atoms with Gasteiger partial charge in [-0.1, -0.05) is 13.8 Å². The lowest BCUT2D eigenvalue weighted by Gasteiger charge is -2.17. The Balaban J connectivity index is 3.34. The van der Waals surface area contributed by atoms with Crippen molar-refractivity contribution >= 4 is 0 Å². The minimum Gasteiger partial charge on any atom is -0.389 e. The highest BCUT2D eigenvalue weighted by molar-refractivity contribution is 4.64. The number of methoxy groups -OCH3 is 1. The predicted molar refractivity (Wildman–Crippen MR) is 74.9 cm³/mol. The predicted octanol–water partition coefficient (Wildman–Crippen LogP) is 1.81. The van der Waals surface area contributed by atoms with Gasteiger partial charge in [0.05, 0.1) is 12.7 Å². The van der Waals surface area contributed by atoms with E-state index in [0.717, 1.165) is 32.0 Å². The van der Waals surface area contributed by atoms with Crippen LogP contribution in [0.4, 0.5) is 0 Å². The van der Waals surface area contributed by atoms with Gasteiger partial charge < -0.3 is 19.9 Å². The first-order chi connectivity index (χ1) is 8.56. The van der Waals surface area contributed by atoms with Gasteiger partial charge >= 0.3 is 0 Å². The Kier molecular flexibility index (Phi) is 11.8. The van der Waals surface area contributed by atoms with Gasteiger partial charge in [-0.25, -0.2) is 0 Å². The van der Waals surface area contributed by atoms with Crippen molar-refractivity contribution in [2.75, 3.05) is 33.5 Å². The van der Waals surface area contributed by atoms with Crippen LogP contribution in [0.3, 0.4) is 0 Å². The van der Waals surface area contributed by atoms with Gasteiger partial charge in [-0.05, 0) is 32.1 Å². The number of ether oxygens (including phenoxy) is 2. The maximum atomic E-state index is 9.71. The van der Waals surface area contributed by atoms with Crippen LogP contribution in [0.15, 0.2) is 0 Å². The molecule has 0 saturated heterocycles. The Hall–Kier alpha value is -0.160. The van der Waals surface area contributed by atoms with Crippen LogP contribution in [0.1, 0.15) is 40.0 Å². The first kappa shape index (κ1) is 17.8. The SMILES string of the molecule is COCCC(C)NCC(O)COCCCC(C)C. The lowest BCUT2D eigenvalue weighted by atomic mass is 10.1. The highest BCUT2D eigenvalue weighted by Gasteiger charge is 2.07. The summed E-state index contributed by atoms with van der Waals surface area (Å²) < 4.78 is 10.4. The van der Waals surface area contributed by atoms with Gasteiger partial charge in [0, 0.05) is 32.9 Å². The molecule has 18 heavy (non-hydrogen) atoms. The van der Waals surface area contributed by atoms with Crippen molar-refractivity contribution in [3.8, 4) is 0 Å². The van der Waals surface area contributed by atoms with Crippen molar-refractivity contribution in [1.82, 2.24) is 5.32 Å². The maximum Gasteiger partial charge on any atom is 0.0897 e. The summed E-state index contributed by atoms with van der Waals surface area (Å²) in [5.41, 5.74) is 0. The molecule has 0 amide bonds. The molecule has 0 aromatic heterocycles. The summed E-state index contributed by atoms with van der Waals surface area (Å²) in [6, 6.07) is 0.362. The highest BCUT2D eigenvalue weighted by Crippen LogP contribution is 2.03. The molecule has 2 unspecified atom stereocenters. The first-order valence-electron chi connectivity index (χ1n) is 7.04. The third kappa shape index (κ3) is 12.3. The monoisotopic (exact) mass is 261 g/mol. The highest BCUT2D eigenvalue weighted by atomic mass is 16.5. The Morgan fingerprint density at radius 2 is 1.83 bits per heavy atom. The number of nitrogens with one attached hydrogen (secondary N) is 1. The fraction of sp³-hybridized carbons (Fsp3) is 1.00. The van der Waals surface area contributed by atoms with Gasteiger partial charge in [-0.3, -0.25) is 0 Å². The number of hydrogen-bond acceptors (Lipinski definition) is 4. The third-order valence-electron chi connectivity index (χ3n) is 2.84. The fourth-order valence-corrected chi connectivity index (χ4v) is 1.61. The normalized spacial score (nSPS) is 15.0. The molecule has 4 nitrogen and oxygen atoms in total. The molecule has 2 N–H and O–H groups in total. The Morgan fingerprint density at radius 1 is 1.11 bits per heavy atom. The van der Waals surface area contributed by atoms with Crippen LogP contribution in [-0.4, -0.2) is 50.7 Å². The van der Waals surface area contributed by atoms with Gasteiger partial charge in [-0.2, -0.15) is 0 Å². The van der Waals surface area contributed by atoms with Gasteiger partial charge in [0.25, 0.3) is 0 Å². The van der Waals surface area contributed by atoms with E-state index in [-0.39, 0.29) is 0 Å². The summed E-state index contributed by atoms with van der Waals surface area (Å²) in [7, 11) is 1.70. The van der Waals surface area contributed by atoms with Crippen LogP contribution in [-0.2, 0) is 9.47 Å². The lowest BCUT2D eigenvalue weighted by Crippen LogP contribution is -2.36. The minimum absolute atomic E-state index is 0.362. The second kappa shape index (κ2) is 11.9. The molecule has 0 spiro atoms. The van der Waals surface area contributed by atoms with Gasteiger partial charge in [0.2, 0.25) is 0 Å². The second-order valence-electron chi connectivity index (χ2n) is 5.36. The van der Waals surface area contributed by atoms with Crippen molar-refractivity contribution < 1.29 is 14.6 Å². The van der Waals surface area contributed by atoms with Crippen molar-refractivity contribution in [3.05, 3.63) is 0 Å². The van der Waals surface area contributed by atoms with E-state index in [1.807, 2.05) is 0 Å². The molecule has 2 atom stereocenters. The first-order valence-corrected chi connectivity index (χ1v) is 7.04.